The fourth-order valence-electron chi connectivity index (χ4n) is 2.47. The Morgan fingerprint density at radius 2 is 1.73 bits per heavy atom. The number of Topliss-reactive ketones (excluding diaryl/α,β-unsaturated/α-hetero) is 1. The summed E-state index contributed by atoms with van der Waals surface area (Å²) in [4.78, 5) is 23.2. The molecule has 1 aliphatic heterocycles. The van der Waals surface area contributed by atoms with Crippen molar-refractivity contribution in [1.29, 1.82) is 0 Å². The quantitative estimate of drug-likeness (QED) is 0.528. The predicted molar refractivity (Wildman–Crippen MR) is 109 cm³/mol. The van der Waals surface area contributed by atoms with Gasteiger partial charge < -0.3 is 9.31 Å². The number of ketones is 1. The van der Waals surface area contributed by atoms with Gasteiger partial charge in [-0.1, -0.05) is 35.5 Å². The summed E-state index contributed by atoms with van der Waals surface area (Å²) >= 11 is 7.29. The van der Waals surface area contributed by atoms with E-state index in [2.05, 4.69) is 0 Å². The molecule has 0 aromatic heterocycles. The molecule has 0 unspecified atom stereocenters. The van der Waals surface area contributed by atoms with Gasteiger partial charge in [0.2, 0.25) is 0 Å². The van der Waals surface area contributed by atoms with Crippen molar-refractivity contribution in [2.75, 3.05) is 5.75 Å². The van der Waals surface area contributed by atoms with Gasteiger partial charge >= 0.3 is 7.12 Å². The smallest absolute Gasteiger partial charge is 0.400 e. The van der Waals surface area contributed by atoms with Crippen molar-refractivity contribution in [3.63, 3.8) is 0 Å². The summed E-state index contributed by atoms with van der Waals surface area (Å²) in [7, 11) is -0.552. The number of hydrogen-bond donors (Lipinski definition) is 0. The second kappa shape index (κ2) is 7.89. The summed E-state index contributed by atoms with van der Waals surface area (Å²) < 4.78 is 12.2. The third kappa shape index (κ3) is 4.80. The molecule has 0 radical (unpaired) electrons. The van der Waals surface area contributed by atoms with Crippen LogP contribution in [-0.4, -0.2) is 35.0 Å². The molecule has 7 heteroatoms. The highest BCUT2D eigenvalue weighted by Gasteiger charge is 2.52. The minimum absolute atomic E-state index is 0.0212. The number of hydrogen-bond acceptors (Lipinski definition) is 5. The molecule has 1 aromatic carbocycles. The summed E-state index contributed by atoms with van der Waals surface area (Å²) in [6, 6.07) is 5.27. The van der Waals surface area contributed by atoms with Crippen LogP contribution < -0.4 is 0 Å². The normalized spacial score (nSPS) is 18.9. The first-order chi connectivity index (χ1) is 11.9. The molecule has 0 saturated carbocycles. The summed E-state index contributed by atoms with van der Waals surface area (Å²) in [5.74, 6) is 0.352. The zero-order chi connectivity index (χ0) is 19.7. The van der Waals surface area contributed by atoms with E-state index in [9.17, 15) is 9.59 Å². The molecular formula is C19H24BClO4S. The first-order valence-electron chi connectivity index (χ1n) is 8.43. The number of rotatable bonds is 5. The Morgan fingerprint density at radius 1 is 1.15 bits per heavy atom. The molecule has 1 aromatic rings. The molecule has 0 amide bonds. The lowest BCUT2D eigenvalue weighted by molar-refractivity contribution is -0.109. The van der Waals surface area contributed by atoms with E-state index in [4.69, 9.17) is 20.9 Å². The summed E-state index contributed by atoms with van der Waals surface area (Å²) in [5.41, 5.74) is 1.17. The molecule has 0 aliphatic carbocycles. The van der Waals surface area contributed by atoms with Crippen LogP contribution >= 0.6 is 23.4 Å². The average molecular weight is 395 g/mol. The molecule has 4 nitrogen and oxygen atoms in total. The number of carbonyl (C=O) groups excluding carboxylic acids is 2. The molecular weight excluding hydrogens is 371 g/mol. The maximum Gasteiger partial charge on any atom is 0.491 e. The lowest BCUT2D eigenvalue weighted by Gasteiger charge is -2.32. The van der Waals surface area contributed by atoms with Gasteiger partial charge in [0.15, 0.2) is 10.9 Å². The lowest BCUT2D eigenvalue weighted by atomic mass is 9.78. The van der Waals surface area contributed by atoms with Gasteiger partial charge in [-0.05, 0) is 57.8 Å². The van der Waals surface area contributed by atoms with Gasteiger partial charge in [0.05, 0.1) is 16.2 Å². The summed E-state index contributed by atoms with van der Waals surface area (Å²) in [6.07, 6.45) is 1.90. The summed E-state index contributed by atoms with van der Waals surface area (Å²) in [6.45, 7) is 11.0. The molecule has 1 fully saturated rings. The first kappa shape index (κ1) is 21.2. The Bertz CT molecular complexity index is 742. The number of benzene rings is 1. The van der Waals surface area contributed by atoms with Gasteiger partial charge in [-0.15, -0.1) is 0 Å². The minimum atomic E-state index is -0.552. The van der Waals surface area contributed by atoms with Crippen LogP contribution in [0.15, 0.2) is 23.7 Å². The number of thioether (sulfide) groups is 1. The van der Waals surface area contributed by atoms with Crippen LogP contribution in [0.4, 0.5) is 0 Å². The van der Waals surface area contributed by atoms with Crippen LogP contribution in [0.5, 0.6) is 0 Å². The second-order valence-corrected chi connectivity index (χ2v) is 8.94. The van der Waals surface area contributed by atoms with Crippen LogP contribution in [-0.2, 0) is 14.1 Å². The van der Waals surface area contributed by atoms with Crippen LogP contribution in [0.1, 0.15) is 57.5 Å². The van der Waals surface area contributed by atoms with Gasteiger partial charge in [-0.3, -0.25) is 9.59 Å². The predicted octanol–water partition coefficient (Wildman–Crippen LogP) is 4.84. The highest BCUT2D eigenvalue weighted by molar-refractivity contribution is 8.13. The molecule has 0 N–H and O–H groups in total. The van der Waals surface area contributed by atoms with Gasteiger partial charge in [-0.2, -0.15) is 0 Å². The maximum absolute atomic E-state index is 11.7. The molecule has 1 heterocycles. The summed E-state index contributed by atoms with van der Waals surface area (Å²) in [5, 5.41) is 0.442. The average Bonchev–Trinajstić information content (AvgIpc) is 2.72. The zero-order valence-corrected chi connectivity index (χ0v) is 17.6. The number of halogens is 1. The van der Waals surface area contributed by atoms with Gasteiger partial charge in [-0.25, -0.2) is 0 Å². The van der Waals surface area contributed by atoms with Crippen molar-refractivity contribution in [3.8, 4) is 0 Å². The van der Waals surface area contributed by atoms with Crippen LogP contribution in [0.3, 0.4) is 0 Å². The molecule has 0 spiro atoms. The van der Waals surface area contributed by atoms with Crippen LogP contribution in [0.2, 0.25) is 5.02 Å². The van der Waals surface area contributed by atoms with Gasteiger partial charge in [0, 0.05) is 18.2 Å². The van der Waals surface area contributed by atoms with E-state index < -0.39 is 18.3 Å². The van der Waals surface area contributed by atoms with Crippen LogP contribution in [0, 0.1) is 0 Å². The van der Waals surface area contributed by atoms with Crippen molar-refractivity contribution >= 4 is 47.5 Å². The van der Waals surface area contributed by atoms with E-state index in [-0.39, 0.29) is 10.9 Å². The van der Waals surface area contributed by atoms with Gasteiger partial charge in [0.1, 0.15) is 0 Å². The fraction of sp³-hybridized carbons (Fsp3) is 0.474. The number of carbonyl (C=O) groups is 2. The van der Waals surface area contributed by atoms with Crippen molar-refractivity contribution in [2.24, 2.45) is 0 Å². The van der Waals surface area contributed by atoms with Crippen molar-refractivity contribution in [3.05, 3.63) is 39.8 Å². The largest absolute Gasteiger partial charge is 0.491 e. The second-order valence-electron chi connectivity index (χ2n) is 7.38. The van der Waals surface area contributed by atoms with Crippen LogP contribution in [0.25, 0.3) is 6.08 Å². The van der Waals surface area contributed by atoms with E-state index in [1.165, 1.54) is 25.6 Å². The minimum Gasteiger partial charge on any atom is -0.400 e. The molecule has 1 aliphatic rings. The highest BCUT2D eigenvalue weighted by Crippen LogP contribution is 2.39. The van der Waals surface area contributed by atoms with Crippen molar-refractivity contribution < 1.29 is 18.9 Å². The maximum atomic E-state index is 11.7. The van der Waals surface area contributed by atoms with E-state index in [1.54, 1.807) is 12.1 Å². The Balaban J connectivity index is 2.39. The fourth-order valence-corrected chi connectivity index (χ4v) is 3.31. The molecule has 140 valence electrons. The topological polar surface area (TPSA) is 52.6 Å². The Hall–Kier alpha value is -1.08. The third-order valence-electron chi connectivity index (χ3n) is 4.72. The molecule has 0 atom stereocenters. The molecule has 0 bridgehead atoms. The van der Waals surface area contributed by atoms with Crippen molar-refractivity contribution in [2.45, 2.75) is 52.7 Å². The Kier molecular flexibility index (Phi) is 6.44. The SMILES string of the molecule is CC(=O)SCC(=Cc1ccc(Cl)c(C(C)=O)c1)B1OC(C)(C)C(C)(C)O1. The van der Waals surface area contributed by atoms with E-state index in [1.807, 2.05) is 39.8 Å². The van der Waals surface area contributed by atoms with E-state index in [0.29, 0.717) is 16.3 Å². The van der Waals surface area contributed by atoms with Gasteiger partial charge in [0.25, 0.3) is 0 Å². The van der Waals surface area contributed by atoms with E-state index in [0.717, 1.165) is 11.0 Å². The standard InChI is InChI=1S/C19H24BClO4S/c1-12(22)16-10-14(7-8-17(16)21)9-15(11-26-13(2)23)20-24-18(3,4)19(5,6)25-20/h7-10H,11H2,1-6H3. The first-order valence-corrected chi connectivity index (χ1v) is 9.79. The van der Waals surface area contributed by atoms with E-state index >= 15 is 0 Å². The third-order valence-corrected chi connectivity index (χ3v) is 5.93. The highest BCUT2D eigenvalue weighted by atomic mass is 35.5. The molecule has 1 saturated heterocycles. The Labute approximate surface area is 164 Å². The van der Waals surface area contributed by atoms with Crippen molar-refractivity contribution in [1.82, 2.24) is 0 Å². The molecule has 2 rings (SSSR count). The lowest BCUT2D eigenvalue weighted by Crippen LogP contribution is -2.41. The Morgan fingerprint density at radius 3 is 2.23 bits per heavy atom. The molecule has 26 heavy (non-hydrogen) atoms. The monoisotopic (exact) mass is 394 g/mol. The zero-order valence-electron chi connectivity index (χ0n) is 16.0.